The van der Waals surface area contributed by atoms with Gasteiger partial charge in [-0.05, 0) is 27.3 Å². The lowest BCUT2D eigenvalue weighted by Gasteiger charge is -2.24. The molecule has 0 aromatic heterocycles. The minimum absolute atomic E-state index is 0.282. The van der Waals surface area contributed by atoms with Crippen LogP contribution in [0.1, 0.15) is 20.3 Å². The van der Waals surface area contributed by atoms with Crippen molar-refractivity contribution in [3.8, 4) is 0 Å². The Bertz CT molecular complexity index is 101. The zero-order valence-electron chi connectivity index (χ0n) is 7.60. The van der Waals surface area contributed by atoms with Crippen LogP contribution in [0, 0.1) is 0 Å². The summed E-state index contributed by atoms with van der Waals surface area (Å²) in [7, 11) is 1.88. The van der Waals surface area contributed by atoms with Crippen molar-refractivity contribution in [3.63, 3.8) is 0 Å². The van der Waals surface area contributed by atoms with Gasteiger partial charge >= 0.3 is 0 Å². The normalized spacial score (nSPS) is 12.5. The Balaban J connectivity index is 3.44. The third kappa shape index (κ3) is 7.75. The van der Waals surface area contributed by atoms with Crippen molar-refractivity contribution in [2.24, 2.45) is 0 Å². The molecular weight excluding hydrogens is 145 g/mol. The number of likely N-dealkylation sites (N-methyl/N-ethyl adjacent to an activating group) is 1. The topological polar surface area (TPSA) is 23.5 Å². The maximum Gasteiger partial charge on any atom is 0.0906 e. The molecule has 0 bridgehead atoms. The van der Waals surface area contributed by atoms with Gasteiger partial charge in [0.15, 0.2) is 0 Å². The van der Waals surface area contributed by atoms with E-state index in [9.17, 15) is 9.50 Å². The molecule has 2 nitrogen and oxygen atoms in total. The molecule has 3 heteroatoms. The van der Waals surface area contributed by atoms with Crippen molar-refractivity contribution in [3.05, 3.63) is 0 Å². The highest BCUT2D eigenvalue weighted by Crippen LogP contribution is 2.03. The number of aliphatic hydroxyl groups is 1. The first kappa shape index (κ1) is 10.8. The standard InChI is InChI=1S/C8H18FNO/c1-8(2,11)7-10(3)6-4-5-9/h11H,4-7H2,1-3H3. The maximum atomic E-state index is 11.7. The predicted molar refractivity (Wildman–Crippen MR) is 44.4 cm³/mol. The lowest BCUT2D eigenvalue weighted by Crippen LogP contribution is -2.36. The van der Waals surface area contributed by atoms with E-state index in [1.165, 1.54) is 0 Å². The summed E-state index contributed by atoms with van der Waals surface area (Å²) in [6.45, 7) is 4.52. The molecule has 0 fully saturated rings. The summed E-state index contributed by atoms with van der Waals surface area (Å²) in [5.41, 5.74) is -0.676. The minimum atomic E-state index is -0.676. The fraction of sp³-hybridized carbons (Fsp3) is 1.00. The highest BCUT2D eigenvalue weighted by Gasteiger charge is 2.14. The fourth-order valence-electron chi connectivity index (χ4n) is 1.07. The molecule has 0 rings (SSSR count). The Morgan fingerprint density at radius 1 is 1.45 bits per heavy atom. The van der Waals surface area contributed by atoms with Crippen molar-refractivity contribution in [1.29, 1.82) is 0 Å². The molecule has 0 aliphatic carbocycles. The van der Waals surface area contributed by atoms with E-state index in [4.69, 9.17) is 0 Å². The van der Waals surface area contributed by atoms with E-state index >= 15 is 0 Å². The second-order valence-electron chi connectivity index (χ2n) is 3.59. The van der Waals surface area contributed by atoms with E-state index in [1.807, 2.05) is 11.9 Å². The average molecular weight is 163 g/mol. The predicted octanol–water partition coefficient (Wildman–Crippen LogP) is 1.05. The molecule has 0 aliphatic heterocycles. The molecule has 0 aromatic carbocycles. The molecule has 0 unspecified atom stereocenters. The van der Waals surface area contributed by atoms with Gasteiger partial charge in [-0.25, -0.2) is 0 Å². The van der Waals surface area contributed by atoms with Gasteiger partial charge in [0.2, 0.25) is 0 Å². The van der Waals surface area contributed by atoms with Crippen LogP contribution >= 0.6 is 0 Å². The number of alkyl halides is 1. The highest BCUT2D eigenvalue weighted by atomic mass is 19.1. The van der Waals surface area contributed by atoms with Gasteiger partial charge in [0.05, 0.1) is 12.3 Å². The summed E-state index contributed by atoms with van der Waals surface area (Å²) in [6, 6.07) is 0. The summed E-state index contributed by atoms with van der Waals surface area (Å²) in [5, 5.41) is 9.35. The summed E-state index contributed by atoms with van der Waals surface area (Å²) in [4.78, 5) is 1.93. The molecule has 11 heavy (non-hydrogen) atoms. The zero-order valence-corrected chi connectivity index (χ0v) is 7.60. The summed E-state index contributed by atoms with van der Waals surface area (Å²) >= 11 is 0. The minimum Gasteiger partial charge on any atom is -0.389 e. The second kappa shape index (κ2) is 4.67. The maximum absolute atomic E-state index is 11.7. The Morgan fingerprint density at radius 3 is 2.36 bits per heavy atom. The molecule has 0 aliphatic rings. The first-order valence-corrected chi connectivity index (χ1v) is 3.92. The van der Waals surface area contributed by atoms with Gasteiger partial charge < -0.3 is 10.0 Å². The van der Waals surface area contributed by atoms with Crippen LogP contribution < -0.4 is 0 Å². The first-order valence-electron chi connectivity index (χ1n) is 3.92. The number of nitrogens with zero attached hydrogens (tertiary/aromatic N) is 1. The van der Waals surface area contributed by atoms with Crippen LogP contribution in [0.4, 0.5) is 4.39 Å². The van der Waals surface area contributed by atoms with Crippen LogP contribution in [0.2, 0.25) is 0 Å². The molecule has 0 radical (unpaired) electrons. The van der Waals surface area contributed by atoms with E-state index in [0.29, 0.717) is 19.5 Å². The molecule has 0 saturated carbocycles. The molecule has 0 spiro atoms. The van der Waals surface area contributed by atoms with Crippen molar-refractivity contribution >= 4 is 0 Å². The van der Waals surface area contributed by atoms with Crippen LogP contribution in [-0.4, -0.2) is 42.4 Å². The smallest absolute Gasteiger partial charge is 0.0906 e. The van der Waals surface area contributed by atoms with Crippen molar-refractivity contribution < 1.29 is 9.50 Å². The number of hydrogen-bond acceptors (Lipinski definition) is 2. The second-order valence-corrected chi connectivity index (χ2v) is 3.59. The van der Waals surface area contributed by atoms with Crippen molar-refractivity contribution in [2.75, 3.05) is 26.8 Å². The van der Waals surface area contributed by atoms with Crippen LogP contribution in [0.3, 0.4) is 0 Å². The van der Waals surface area contributed by atoms with E-state index < -0.39 is 5.60 Å². The summed E-state index contributed by atoms with van der Waals surface area (Å²) in [5.74, 6) is 0. The summed E-state index contributed by atoms with van der Waals surface area (Å²) < 4.78 is 11.7. The lowest BCUT2D eigenvalue weighted by molar-refractivity contribution is 0.0438. The Hall–Kier alpha value is -0.150. The molecule has 0 aromatic rings. The first-order chi connectivity index (χ1) is 4.95. The molecular formula is C8H18FNO. The molecule has 68 valence electrons. The van der Waals surface area contributed by atoms with E-state index in [-0.39, 0.29) is 6.67 Å². The average Bonchev–Trinajstić information content (AvgIpc) is 1.79. The number of hydrogen-bond donors (Lipinski definition) is 1. The molecule has 1 N–H and O–H groups in total. The van der Waals surface area contributed by atoms with Crippen LogP contribution in [0.25, 0.3) is 0 Å². The number of halogens is 1. The lowest BCUT2D eigenvalue weighted by atomic mass is 10.1. The van der Waals surface area contributed by atoms with Gasteiger partial charge in [-0.1, -0.05) is 0 Å². The quantitative estimate of drug-likeness (QED) is 0.655. The van der Waals surface area contributed by atoms with Crippen LogP contribution in [0.15, 0.2) is 0 Å². The van der Waals surface area contributed by atoms with Gasteiger partial charge in [-0.3, -0.25) is 4.39 Å². The molecule has 0 saturated heterocycles. The molecule has 0 atom stereocenters. The third-order valence-corrected chi connectivity index (χ3v) is 1.33. The molecule has 0 amide bonds. The summed E-state index contributed by atoms with van der Waals surface area (Å²) in [6.07, 6.45) is 0.548. The van der Waals surface area contributed by atoms with E-state index in [0.717, 1.165) is 0 Å². The van der Waals surface area contributed by atoms with Gasteiger partial charge in [-0.2, -0.15) is 0 Å². The SMILES string of the molecule is CN(CCCF)CC(C)(C)O. The largest absolute Gasteiger partial charge is 0.389 e. The Kier molecular flexibility index (Phi) is 4.61. The van der Waals surface area contributed by atoms with Crippen LogP contribution in [-0.2, 0) is 0 Å². The van der Waals surface area contributed by atoms with Gasteiger partial charge in [-0.15, -0.1) is 0 Å². The third-order valence-electron chi connectivity index (χ3n) is 1.33. The van der Waals surface area contributed by atoms with Gasteiger partial charge in [0, 0.05) is 13.1 Å². The Morgan fingerprint density at radius 2 is 2.00 bits per heavy atom. The fourth-order valence-corrected chi connectivity index (χ4v) is 1.07. The van der Waals surface area contributed by atoms with E-state index in [1.54, 1.807) is 13.8 Å². The molecule has 0 heterocycles. The highest BCUT2D eigenvalue weighted by molar-refractivity contribution is 4.69. The van der Waals surface area contributed by atoms with E-state index in [2.05, 4.69) is 0 Å². The number of rotatable bonds is 5. The van der Waals surface area contributed by atoms with Crippen LogP contribution in [0.5, 0.6) is 0 Å². The van der Waals surface area contributed by atoms with Gasteiger partial charge in [0.1, 0.15) is 0 Å². The van der Waals surface area contributed by atoms with Crippen molar-refractivity contribution in [2.45, 2.75) is 25.9 Å². The monoisotopic (exact) mass is 163 g/mol. The Labute approximate surface area is 68.0 Å². The zero-order chi connectivity index (χ0) is 8.91. The van der Waals surface area contributed by atoms with Crippen molar-refractivity contribution in [1.82, 2.24) is 4.90 Å². The van der Waals surface area contributed by atoms with Gasteiger partial charge in [0.25, 0.3) is 0 Å².